The van der Waals surface area contributed by atoms with Gasteiger partial charge in [0.25, 0.3) is 0 Å². The molecule has 0 aromatic heterocycles. The van der Waals surface area contributed by atoms with Crippen LogP contribution < -0.4 is 11.1 Å². The summed E-state index contributed by atoms with van der Waals surface area (Å²) >= 11 is 0. The van der Waals surface area contributed by atoms with E-state index in [1.165, 1.54) is 0 Å². The van der Waals surface area contributed by atoms with E-state index in [2.05, 4.69) is 10.3 Å². The molecule has 3 rings (SSSR count). The second-order valence-corrected chi connectivity index (χ2v) is 6.24. The Morgan fingerprint density at radius 3 is 2.62 bits per heavy atom. The average molecular weight is 347 g/mol. The van der Waals surface area contributed by atoms with Gasteiger partial charge in [0, 0.05) is 6.61 Å². The topological polar surface area (TPSA) is 187 Å². The van der Waals surface area contributed by atoms with Gasteiger partial charge in [-0.3, -0.25) is 0 Å². The molecular formula is C13H21N3O8. The zero-order chi connectivity index (χ0) is 17.9. The maximum Gasteiger partial charge on any atom is 0.337 e. The minimum Gasteiger partial charge on any atom is -0.457 e. The van der Waals surface area contributed by atoms with Crippen LogP contribution in [-0.4, -0.2) is 92.5 Å². The molecule has 2 bridgehead atoms. The van der Waals surface area contributed by atoms with Crippen molar-refractivity contribution in [1.29, 1.82) is 0 Å². The number of guanidine groups is 1. The molecule has 11 nitrogen and oxygen atoms in total. The van der Waals surface area contributed by atoms with Crippen molar-refractivity contribution < 1.29 is 39.8 Å². The molecule has 24 heavy (non-hydrogen) atoms. The fourth-order valence-electron chi connectivity index (χ4n) is 3.94. The van der Waals surface area contributed by atoms with Gasteiger partial charge in [-0.2, -0.15) is 0 Å². The van der Waals surface area contributed by atoms with Crippen molar-refractivity contribution in [3.63, 3.8) is 0 Å². The van der Waals surface area contributed by atoms with Crippen LogP contribution in [0.15, 0.2) is 4.99 Å². The predicted molar refractivity (Wildman–Crippen MR) is 76.3 cm³/mol. The second kappa shape index (κ2) is 5.51. The van der Waals surface area contributed by atoms with E-state index in [-0.39, 0.29) is 12.6 Å². The van der Waals surface area contributed by atoms with Gasteiger partial charge in [0.05, 0.1) is 12.5 Å². The summed E-state index contributed by atoms with van der Waals surface area (Å²) in [6.07, 6.45) is -8.26. The number of aliphatic hydroxyl groups is 5. The lowest BCUT2D eigenvalue weighted by molar-refractivity contribution is -0.311. The van der Waals surface area contributed by atoms with Crippen molar-refractivity contribution in [2.45, 2.75) is 48.7 Å². The normalized spacial score (nSPS) is 50.4. The van der Waals surface area contributed by atoms with Crippen LogP contribution in [0.4, 0.5) is 0 Å². The van der Waals surface area contributed by atoms with Gasteiger partial charge in [-0.05, 0) is 6.92 Å². The minimum atomic E-state index is -2.36. The number of carbonyl (C=O) groups excluding carboxylic acids is 1. The van der Waals surface area contributed by atoms with E-state index in [0.717, 1.165) is 0 Å². The molecule has 2 fully saturated rings. The quantitative estimate of drug-likeness (QED) is 0.245. The first-order valence-electron chi connectivity index (χ1n) is 7.55. The summed E-state index contributed by atoms with van der Waals surface area (Å²) < 4.78 is 10.5. The van der Waals surface area contributed by atoms with Crippen LogP contribution in [0.1, 0.15) is 6.92 Å². The molecule has 1 saturated carbocycles. The summed E-state index contributed by atoms with van der Waals surface area (Å²) in [5.41, 5.74) is 1.46. The Labute approximate surface area is 136 Å². The zero-order valence-electron chi connectivity index (χ0n) is 12.9. The molecule has 0 aromatic rings. The van der Waals surface area contributed by atoms with Gasteiger partial charge in [-0.1, -0.05) is 0 Å². The highest BCUT2D eigenvalue weighted by atomic mass is 16.6. The van der Waals surface area contributed by atoms with Crippen LogP contribution in [0, 0.1) is 5.92 Å². The molecule has 8 N–H and O–H groups in total. The van der Waals surface area contributed by atoms with Crippen LogP contribution in [-0.2, 0) is 14.3 Å². The number of aliphatic imine (C=N–C) groups is 1. The van der Waals surface area contributed by atoms with Gasteiger partial charge in [-0.25, -0.2) is 9.79 Å². The molecule has 1 aliphatic carbocycles. The smallest absolute Gasteiger partial charge is 0.337 e. The van der Waals surface area contributed by atoms with Crippen molar-refractivity contribution in [3.8, 4) is 0 Å². The first-order valence-corrected chi connectivity index (χ1v) is 7.55. The number of carbonyl (C=O) groups is 1. The van der Waals surface area contributed by atoms with E-state index in [9.17, 15) is 30.3 Å². The number of hydrogen-bond donors (Lipinski definition) is 7. The molecule has 11 heteroatoms. The number of aliphatic hydroxyl groups excluding tert-OH is 4. The molecule has 1 saturated heterocycles. The lowest BCUT2D eigenvalue weighted by atomic mass is 9.57. The van der Waals surface area contributed by atoms with Crippen molar-refractivity contribution in [1.82, 2.24) is 5.32 Å². The summed E-state index contributed by atoms with van der Waals surface area (Å²) in [5, 5.41) is 54.1. The van der Waals surface area contributed by atoms with Crippen LogP contribution in [0.25, 0.3) is 0 Å². The summed E-state index contributed by atoms with van der Waals surface area (Å²) in [6, 6.07) is 0. The summed E-state index contributed by atoms with van der Waals surface area (Å²) in [5.74, 6) is -2.45. The predicted octanol–water partition coefficient (Wildman–Crippen LogP) is -4.63. The number of nitrogens with zero attached hydrogens (tertiary/aromatic N) is 1. The Morgan fingerprint density at radius 1 is 1.38 bits per heavy atom. The Bertz CT molecular complexity index is 573. The van der Waals surface area contributed by atoms with Gasteiger partial charge in [0.1, 0.15) is 23.9 Å². The zero-order valence-corrected chi connectivity index (χ0v) is 12.9. The van der Waals surface area contributed by atoms with Gasteiger partial charge in [0.15, 0.2) is 23.9 Å². The molecule has 2 aliphatic heterocycles. The van der Waals surface area contributed by atoms with Crippen molar-refractivity contribution in [2.75, 3.05) is 13.2 Å². The van der Waals surface area contributed by atoms with Crippen molar-refractivity contribution in [2.24, 2.45) is 16.6 Å². The van der Waals surface area contributed by atoms with Gasteiger partial charge >= 0.3 is 5.97 Å². The lowest BCUT2D eigenvalue weighted by Crippen LogP contribution is -2.88. The van der Waals surface area contributed by atoms with E-state index < -0.39 is 60.3 Å². The van der Waals surface area contributed by atoms with Gasteiger partial charge in [0.2, 0.25) is 0 Å². The maximum absolute atomic E-state index is 12.1. The highest BCUT2D eigenvalue weighted by Gasteiger charge is 2.75. The Hall–Kier alpha value is -1.50. The molecule has 0 radical (unpaired) electrons. The Kier molecular flexibility index (Phi) is 3.98. The number of nitrogens with one attached hydrogen (secondary N) is 1. The van der Waals surface area contributed by atoms with E-state index in [1.54, 1.807) is 6.92 Å². The van der Waals surface area contributed by atoms with Crippen LogP contribution >= 0.6 is 0 Å². The van der Waals surface area contributed by atoms with Crippen LogP contribution in [0.5, 0.6) is 0 Å². The highest BCUT2D eigenvalue weighted by molar-refractivity contribution is 5.85. The van der Waals surface area contributed by atoms with E-state index in [0.29, 0.717) is 0 Å². The number of nitrogens with two attached hydrogens (primary N) is 1. The first kappa shape index (κ1) is 17.3. The first-order chi connectivity index (χ1) is 11.2. The molecular weight excluding hydrogens is 326 g/mol. The summed E-state index contributed by atoms with van der Waals surface area (Å²) in [4.78, 5) is 16.1. The third kappa shape index (κ3) is 1.93. The third-order valence-electron chi connectivity index (χ3n) is 5.10. The molecule has 0 aromatic carbocycles. The fourth-order valence-corrected chi connectivity index (χ4v) is 3.94. The largest absolute Gasteiger partial charge is 0.457 e. The minimum absolute atomic E-state index is 0.182. The van der Waals surface area contributed by atoms with E-state index in [4.69, 9.17) is 15.2 Å². The molecule has 136 valence electrons. The number of ether oxygens (including phenoxy) is 2. The SMILES string of the molecule is CCO[C@H]1N=C(N)NC23[C@@H]1[C@@H](OC(=O)[C@H]2O)[C@@](O)(CO)[C@H](O)[C@@H]3O. The number of hydrogen-bond acceptors (Lipinski definition) is 11. The number of rotatable bonds is 3. The van der Waals surface area contributed by atoms with E-state index in [1.807, 2.05) is 0 Å². The molecule has 2 heterocycles. The standard InChI is InChI=1S/C13H21N3O8/c1-2-23-9-4-8-12(22,3-17)5(18)6(19)13(4,16-11(14)15-9)7(20)10(21)24-8/h4-9,17-20,22H,2-3H2,1H3,(H3,14,15,16)/t4-,5-,6+,7-,8-,9-,12-,13?/m1/s1. The molecule has 3 aliphatic rings. The average Bonchev–Trinajstić information content (AvgIpc) is 2.55. The molecule has 1 unspecified atom stereocenters. The van der Waals surface area contributed by atoms with E-state index >= 15 is 0 Å². The molecule has 0 amide bonds. The maximum atomic E-state index is 12.1. The third-order valence-corrected chi connectivity index (χ3v) is 5.10. The summed E-state index contributed by atoms with van der Waals surface area (Å²) in [6.45, 7) is 0.857. The lowest BCUT2D eigenvalue weighted by Gasteiger charge is -2.63. The molecule has 8 atom stereocenters. The van der Waals surface area contributed by atoms with Gasteiger partial charge < -0.3 is 46.1 Å². The second-order valence-electron chi connectivity index (χ2n) is 6.24. The highest BCUT2D eigenvalue weighted by Crippen LogP contribution is 2.50. The van der Waals surface area contributed by atoms with Crippen molar-refractivity contribution >= 4 is 11.9 Å². The summed E-state index contributed by atoms with van der Waals surface area (Å²) in [7, 11) is 0. The molecule has 0 spiro atoms. The monoisotopic (exact) mass is 347 g/mol. The van der Waals surface area contributed by atoms with Crippen LogP contribution in [0.2, 0.25) is 0 Å². The van der Waals surface area contributed by atoms with Crippen LogP contribution in [0.3, 0.4) is 0 Å². The Balaban J connectivity index is 2.21. The van der Waals surface area contributed by atoms with Crippen molar-refractivity contribution in [3.05, 3.63) is 0 Å². The number of esters is 1. The Morgan fingerprint density at radius 2 is 2.04 bits per heavy atom. The fraction of sp³-hybridized carbons (Fsp3) is 0.846. The van der Waals surface area contributed by atoms with Gasteiger partial charge in [-0.15, -0.1) is 0 Å².